The van der Waals surface area contributed by atoms with Crippen molar-refractivity contribution in [3.05, 3.63) is 21.0 Å². The Morgan fingerprint density at radius 3 is 2.82 bits per heavy atom. The lowest BCUT2D eigenvalue weighted by Crippen LogP contribution is -2.58. The first-order chi connectivity index (χ1) is 10.4. The zero-order chi connectivity index (χ0) is 16.1. The molecule has 5 nitrogen and oxygen atoms in total. The van der Waals surface area contributed by atoms with E-state index in [4.69, 9.17) is 5.73 Å². The van der Waals surface area contributed by atoms with Crippen molar-refractivity contribution in [3.8, 4) is 0 Å². The lowest BCUT2D eigenvalue weighted by Gasteiger charge is -2.62. The van der Waals surface area contributed by atoms with Crippen LogP contribution in [0.2, 0.25) is 0 Å². The van der Waals surface area contributed by atoms with Gasteiger partial charge in [-0.25, -0.2) is 4.68 Å². The van der Waals surface area contributed by atoms with Crippen LogP contribution in [0.4, 0.5) is 5.69 Å². The molecule has 1 aromatic heterocycles. The average molecular weight is 369 g/mol. The van der Waals surface area contributed by atoms with Crippen LogP contribution in [0.5, 0.6) is 0 Å². The molecule has 2 bridgehead atoms. The molecule has 4 atom stereocenters. The number of nitrogens with zero attached hydrogens (tertiary/aromatic N) is 2. The number of aromatic nitrogens is 2. The maximum Gasteiger partial charge on any atom is 0.283 e. The summed E-state index contributed by atoms with van der Waals surface area (Å²) in [6.45, 7) is 7.96. The van der Waals surface area contributed by atoms with Gasteiger partial charge in [0.1, 0.15) is 4.47 Å². The lowest BCUT2D eigenvalue weighted by atomic mass is 9.45. The Morgan fingerprint density at radius 1 is 1.50 bits per heavy atom. The van der Waals surface area contributed by atoms with Crippen LogP contribution in [0, 0.1) is 23.2 Å². The standard InChI is InChI=1S/C16H25BrN4O/c1-9-11-6-10(16(11,2)3)7-12(9)20-13-8-19-21(5-4-18)15(22)14(13)17/h8-12,20H,4-7,18H2,1-3H3/t9-,10+,11-,12-/m1/s1. The van der Waals surface area contributed by atoms with Crippen molar-refractivity contribution in [2.24, 2.45) is 28.9 Å². The monoisotopic (exact) mass is 368 g/mol. The van der Waals surface area contributed by atoms with Gasteiger partial charge in [-0.1, -0.05) is 20.8 Å². The number of anilines is 1. The van der Waals surface area contributed by atoms with Crippen molar-refractivity contribution in [1.29, 1.82) is 0 Å². The maximum atomic E-state index is 12.2. The van der Waals surface area contributed by atoms with E-state index in [9.17, 15) is 4.79 Å². The number of hydrogen-bond donors (Lipinski definition) is 2. The molecule has 0 aromatic carbocycles. The van der Waals surface area contributed by atoms with Crippen LogP contribution < -0.4 is 16.6 Å². The molecule has 22 heavy (non-hydrogen) atoms. The highest BCUT2D eigenvalue weighted by atomic mass is 79.9. The van der Waals surface area contributed by atoms with Crippen molar-refractivity contribution in [1.82, 2.24) is 9.78 Å². The second-order valence-corrected chi connectivity index (χ2v) is 8.19. The zero-order valence-corrected chi connectivity index (χ0v) is 15.1. The molecular weight excluding hydrogens is 344 g/mol. The van der Waals surface area contributed by atoms with Gasteiger partial charge in [0, 0.05) is 12.6 Å². The van der Waals surface area contributed by atoms with Crippen LogP contribution in [-0.4, -0.2) is 22.4 Å². The van der Waals surface area contributed by atoms with Gasteiger partial charge >= 0.3 is 0 Å². The predicted octanol–water partition coefficient (Wildman–Crippen LogP) is 2.45. The summed E-state index contributed by atoms with van der Waals surface area (Å²) in [6, 6.07) is 0.416. The van der Waals surface area contributed by atoms with Gasteiger partial charge < -0.3 is 11.1 Å². The van der Waals surface area contributed by atoms with Gasteiger partial charge in [0.05, 0.1) is 18.4 Å². The summed E-state index contributed by atoms with van der Waals surface area (Å²) in [5.41, 5.74) is 6.65. The van der Waals surface area contributed by atoms with E-state index in [1.54, 1.807) is 6.20 Å². The third kappa shape index (κ3) is 2.40. The molecule has 122 valence electrons. The Balaban J connectivity index is 1.78. The fraction of sp³-hybridized carbons (Fsp3) is 0.750. The first-order valence-corrected chi connectivity index (χ1v) is 8.87. The molecule has 0 saturated heterocycles. The summed E-state index contributed by atoms with van der Waals surface area (Å²) in [5, 5.41) is 7.76. The minimum absolute atomic E-state index is 0.121. The minimum Gasteiger partial charge on any atom is -0.380 e. The van der Waals surface area contributed by atoms with E-state index in [1.807, 2.05) is 0 Å². The summed E-state index contributed by atoms with van der Waals surface area (Å²) < 4.78 is 1.96. The number of nitrogens with one attached hydrogen (secondary N) is 1. The van der Waals surface area contributed by atoms with E-state index in [2.05, 4.69) is 47.1 Å². The minimum atomic E-state index is -0.121. The van der Waals surface area contributed by atoms with Gasteiger partial charge in [0.2, 0.25) is 0 Å². The van der Waals surface area contributed by atoms with Gasteiger partial charge in [-0.2, -0.15) is 5.10 Å². The Labute approximate surface area is 139 Å². The van der Waals surface area contributed by atoms with Crippen LogP contribution in [-0.2, 0) is 6.54 Å². The first-order valence-electron chi connectivity index (χ1n) is 8.08. The highest BCUT2D eigenvalue weighted by molar-refractivity contribution is 9.10. The highest BCUT2D eigenvalue weighted by Gasteiger charge is 2.56. The fourth-order valence-corrected chi connectivity index (χ4v) is 4.81. The number of halogens is 1. The molecule has 0 radical (unpaired) electrons. The molecule has 0 unspecified atom stereocenters. The summed E-state index contributed by atoms with van der Waals surface area (Å²) in [7, 11) is 0. The zero-order valence-electron chi connectivity index (χ0n) is 13.5. The summed E-state index contributed by atoms with van der Waals surface area (Å²) in [4.78, 5) is 12.2. The highest BCUT2D eigenvalue weighted by Crippen LogP contribution is 2.61. The van der Waals surface area contributed by atoms with Gasteiger partial charge in [-0.3, -0.25) is 4.79 Å². The van der Waals surface area contributed by atoms with Gasteiger partial charge in [0.15, 0.2) is 0 Å². The molecule has 3 saturated carbocycles. The summed E-state index contributed by atoms with van der Waals surface area (Å²) in [5.74, 6) is 2.17. The van der Waals surface area contributed by atoms with E-state index < -0.39 is 0 Å². The third-order valence-corrected chi connectivity index (χ3v) is 6.79. The van der Waals surface area contributed by atoms with Crippen molar-refractivity contribution in [2.75, 3.05) is 11.9 Å². The fourth-order valence-electron chi connectivity index (χ4n) is 4.39. The van der Waals surface area contributed by atoms with Crippen molar-refractivity contribution in [3.63, 3.8) is 0 Å². The molecule has 6 heteroatoms. The summed E-state index contributed by atoms with van der Waals surface area (Å²) in [6.07, 6.45) is 4.26. The molecule has 3 aliphatic carbocycles. The number of fused-ring (bicyclic) bond motifs is 2. The second kappa shape index (κ2) is 5.64. The van der Waals surface area contributed by atoms with Gasteiger partial charge in [-0.05, 0) is 51.9 Å². The Bertz CT molecular complexity index is 627. The molecular formula is C16H25BrN4O. The van der Waals surface area contributed by atoms with Crippen molar-refractivity contribution >= 4 is 21.6 Å². The molecule has 1 heterocycles. The first kappa shape index (κ1) is 16.0. The van der Waals surface area contributed by atoms with Crippen molar-refractivity contribution in [2.45, 2.75) is 46.2 Å². The quantitative estimate of drug-likeness (QED) is 0.855. The van der Waals surface area contributed by atoms with E-state index >= 15 is 0 Å². The van der Waals surface area contributed by atoms with Crippen LogP contribution in [0.1, 0.15) is 33.6 Å². The number of nitrogens with two attached hydrogens (primary N) is 1. The van der Waals surface area contributed by atoms with Crippen molar-refractivity contribution < 1.29 is 0 Å². The molecule has 1 aromatic rings. The summed E-state index contributed by atoms with van der Waals surface area (Å²) >= 11 is 3.42. The van der Waals surface area contributed by atoms with E-state index in [0.717, 1.165) is 17.5 Å². The number of rotatable bonds is 4. The smallest absolute Gasteiger partial charge is 0.283 e. The maximum absolute atomic E-state index is 12.2. The molecule has 3 fully saturated rings. The largest absolute Gasteiger partial charge is 0.380 e. The average Bonchev–Trinajstić information content (AvgIpc) is 2.48. The number of hydrogen-bond acceptors (Lipinski definition) is 4. The third-order valence-electron chi connectivity index (χ3n) is 6.02. The molecule has 3 N–H and O–H groups in total. The predicted molar refractivity (Wildman–Crippen MR) is 91.8 cm³/mol. The van der Waals surface area contributed by atoms with E-state index in [1.165, 1.54) is 17.5 Å². The van der Waals surface area contributed by atoms with Crippen LogP contribution in [0.15, 0.2) is 15.5 Å². The van der Waals surface area contributed by atoms with Crippen LogP contribution in [0.25, 0.3) is 0 Å². The molecule has 0 amide bonds. The normalized spacial score (nSPS) is 32.4. The topological polar surface area (TPSA) is 72.9 Å². The van der Waals surface area contributed by atoms with Crippen LogP contribution in [0.3, 0.4) is 0 Å². The van der Waals surface area contributed by atoms with Gasteiger partial charge in [-0.15, -0.1) is 0 Å². The SMILES string of the molecule is C[C@@H]1[C@H]2C[C@@H](C[C@H]1Nc1cnn(CCN)c(=O)c1Br)C2(C)C. The lowest BCUT2D eigenvalue weighted by molar-refractivity contribution is -0.105. The van der Waals surface area contributed by atoms with E-state index in [-0.39, 0.29) is 5.56 Å². The molecule has 3 aliphatic rings. The Hall–Kier alpha value is -0.880. The molecule has 0 aliphatic heterocycles. The molecule has 4 rings (SSSR count). The molecule has 0 spiro atoms. The van der Waals surface area contributed by atoms with E-state index in [0.29, 0.717) is 34.9 Å². The van der Waals surface area contributed by atoms with Gasteiger partial charge in [0.25, 0.3) is 5.56 Å². The second-order valence-electron chi connectivity index (χ2n) is 7.40. The Morgan fingerprint density at radius 2 is 2.23 bits per heavy atom. The Kier molecular flexibility index (Phi) is 4.10. The van der Waals surface area contributed by atoms with Crippen LogP contribution >= 0.6 is 15.9 Å².